The van der Waals surface area contributed by atoms with Gasteiger partial charge in [0.05, 0.1) is 5.69 Å². The van der Waals surface area contributed by atoms with Crippen LogP contribution in [0.5, 0.6) is 0 Å². The van der Waals surface area contributed by atoms with Gasteiger partial charge in [0.15, 0.2) is 0 Å². The van der Waals surface area contributed by atoms with Crippen LogP contribution in [0.4, 0.5) is 0 Å². The zero-order valence-corrected chi connectivity index (χ0v) is 11.4. The van der Waals surface area contributed by atoms with Crippen LogP contribution in [0.2, 0.25) is 0 Å². The van der Waals surface area contributed by atoms with Gasteiger partial charge in [-0.2, -0.15) is 0 Å². The third kappa shape index (κ3) is 3.75. The first-order chi connectivity index (χ1) is 9.36. The van der Waals surface area contributed by atoms with Crippen molar-refractivity contribution in [2.45, 2.75) is 57.7 Å². The molecule has 6 nitrogen and oxygen atoms in total. The lowest BCUT2D eigenvalue weighted by atomic mass is 10.0. The normalized spacial score (nSPS) is 19.8. The number of hydrogen-bond acceptors (Lipinski definition) is 5. The van der Waals surface area contributed by atoms with Gasteiger partial charge in [0.25, 0.3) is 0 Å². The molecule has 1 aromatic heterocycles. The minimum Gasteiger partial charge on any atom is -0.396 e. The van der Waals surface area contributed by atoms with Crippen LogP contribution in [0.1, 0.15) is 56.0 Å². The Hall–Kier alpha value is -0.980. The number of nitrogens with two attached hydrogens (primary N) is 1. The second-order valence-corrected chi connectivity index (χ2v) is 4.99. The van der Waals surface area contributed by atoms with E-state index in [1.165, 1.54) is 6.42 Å². The average Bonchev–Trinajstić information content (AvgIpc) is 2.87. The molecule has 2 heterocycles. The Balaban J connectivity index is 1.98. The highest BCUT2D eigenvalue weighted by atomic mass is 16.5. The van der Waals surface area contributed by atoms with Crippen LogP contribution < -0.4 is 5.73 Å². The number of nitrogens with zero attached hydrogens (tertiary/aromatic N) is 3. The van der Waals surface area contributed by atoms with E-state index in [0.717, 1.165) is 56.6 Å². The van der Waals surface area contributed by atoms with Crippen molar-refractivity contribution in [2.24, 2.45) is 5.73 Å². The maximum atomic E-state index is 8.77. The van der Waals surface area contributed by atoms with Crippen molar-refractivity contribution in [1.29, 1.82) is 0 Å². The third-order valence-electron chi connectivity index (χ3n) is 3.57. The number of aromatic nitrogens is 3. The smallest absolute Gasteiger partial charge is 0.116 e. The maximum Gasteiger partial charge on any atom is 0.116 e. The largest absolute Gasteiger partial charge is 0.396 e. The standard InChI is InChI=1S/C13H24N4O2/c14-10-11-13(12-6-2-5-9-19-12)15-16-17(11)7-3-1-4-8-18/h12,18H,1-10,14H2. The van der Waals surface area contributed by atoms with Crippen LogP contribution >= 0.6 is 0 Å². The van der Waals surface area contributed by atoms with E-state index in [1.807, 2.05) is 4.68 Å². The molecule has 108 valence electrons. The lowest BCUT2D eigenvalue weighted by Crippen LogP contribution is -2.16. The van der Waals surface area contributed by atoms with E-state index in [4.69, 9.17) is 15.6 Å². The summed E-state index contributed by atoms with van der Waals surface area (Å²) in [5.41, 5.74) is 7.75. The van der Waals surface area contributed by atoms with Gasteiger partial charge in [-0.1, -0.05) is 5.21 Å². The summed E-state index contributed by atoms with van der Waals surface area (Å²) in [6.45, 7) is 2.31. The molecule has 0 bridgehead atoms. The number of ether oxygens (including phenoxy) is 1. The topological polar surface area (TPSA) is 86.2 Å². The van der Waals surface area contributed by atoms with E-state index in [9.17, 15) is 0 Å². The minimum absolute atomic E-state index is 0.0680. The quantitative estimate of drug-likeness (QED) is 0.724. The minimum atomic E-state index is 0.0680. The summed E-state index contributed by atoms with van der Waals surface area (Å²) in [7, 11) is 0. The SMILES string of the molecule is NCc1c(C2CCCCO2)nnn1CCCCCO. The molecule has 1 aromatic rings. The van der Waals surface area contributed by atoms with Gasteiger partial charge in [-0.15, -0.1) is 5.10 Å². The van der Waals surface area contributed by atoms with E-state index < -0.39 is 0 Å². The fraction of sp³-hybridized carbons (Fsp3) is 0.846. The Labute approximate surface area is 113 Å². The summed E-state index contributed by atoms with van der Waals surface area (Å²) >= 11 is 0. The van der Waals surface area contributed by atoms with Crippen molar-refractivity contribution < 1.29 is 9.84 Å². The summed E-state index contributed by atoms with van der Waals surface area (Å²) in [4.78, 5) is 0. The zero-order valence-electron chi connectivity index (χ0n) is 11.4. The number of hydrogen-bond donors (Lipinski definition) is 2. The summed E-state index contributed by atoms with van der Waals surface area (Å²) in [6, 6.07) is 0. The molecule has 1 atom stereocenters. The van der Waals surface area contributed by atoms with Gasteiger partial charge in [-0.3, -0.25) is 0 Å². The van der Waals surface area contributed by atoms with Crippen molar-refractivity contribution in [3.63, 3.8) is 0 Å². The maximum absolute atomic E-state index is 8.77. The van der Waals surface area contributed by atoms with Crippen LogP contribution in [-0.4, -0.2) is 33.3 Å². The molecule has 0 amide bonds. The molecule has 1 saturated heterocycles. The van der Waals surface area contributed by atoms with Crippen LogP contribution in [0.3, 0.4) is 0 Å². The third-order valence-corrected chi connectivity index (χ3v) is 3.57. The van der Waals surface area contributed by atoms with Gasteiger partial charge in [0.1, 0.15) is 11.8 Å². The molecule has 2 rings (SSSR count). The Morgan fingerprint density at radius 2 is 2.21 bits per heavy atom. The van der Waals surface area contributed by atoms with Crippen molar-refractivity contribution in [1.82, 2.24) is 15.0 Å². The van der Waals surface area contributed by atoms with Crippen molar-refractivity contribution in [2.75, 3.05) is 13.2 Å². The molecule has 0 spiro atoms. The molecule has 19 heavy (non-hydrogen) atoms. The number of aryl methyl sites for hydroxylation is 1. The van der Waals surface area contributed by atoms with Crippen molar-refractivity contribution in [3.8, 4) is 0 Å². The molecule has 1 fully saturated rings. The first-order valence-electron chi connectivity index (χ1n) is 7.21. The van der Waals surface area contributed by atoms with Gasteiger partial charge in [-0.05, 0) is 38.5 Å². The van der Waals surface area contributed by atoms with E-state index in [-0.39, 0.29) is 12.7 Å². The summed E-state index contributed by atoms with van der Waals surface area (Å²) in [5, 5.41) is 17.2. The molecular weight excluding hydrogens is 244 g/mol. The van der Waals surface area contributed by atoms with E-state index in [1.54, 1.807) is 0 Å². The Morgan fingerprint density at radius 3 is 2.89 bits per heavy atom. The Bertz CT molecular complexity index is 375. The summed E-state index contributed by atoms with van der Waals surface area (Å²) in [6.07, 6.45) is 6.21. The average molecular weight is 268 g/mol. The highest BCUT2D eigenvalue weighted by Gasteiger charge is 2.23. The molecule has 1 aliphatic heterocycles. The van der Waals surface area contributed by atoms with Crippen LogP contribution in [0.15, 0.2) is 0 Å². The van der Waals surface area contributed by atoms with Crippen molar-refractivity contribution in [3.05, 3.63) is 11.4 Å². The second kappa shape index (κ2) is 7.57. The fourth-order valence-electron chi connectivity index (χ4n) is 2.49. The molecule has 6 heteroatoms. The van der Waals surface area contributed by atoms with Gasteiger partial charge in [0, 0.05) is 26.3 Å². The number of unbranched alkanes of at least 4 members (excludes halogenated alkanes) is 2. The Morgan fingerprint density at radius 1 is 1.32 bits per heavy atom. The fourth-order valence-corrected chi connectivity index (χ4v) is 2.49. The molecular formula is C13H24N4O2. The van der Waals surface area contributed by atoms with Gasteiger partial charge in [0.2, 0.25) is 0 Å². The monoisotopic (exact) mass is 268 g/mol. The molecule has 0 saturated carbocycles. The van der Waals surface area contributed by atoms with E-state index >= 15 is 0 Å². The lowest BCUT2D eigenvalue weighted by molar-refractivity contribution is 0.0117. The van der Waals surface area contributed by atoms with Crippen LogP contribution in [0.25, 0.3) is 0 Å². The second-order valence-electron chi connectivity index (χ2n) is 4.99. The highest BCUT2D eigenvalue weighted by molar-refractivity contribution is 5.13. The first-order valence-corrected chi connectivity index (χ1v) is 7.21. The van der Waals surface area contributed by atoms with Gasteiger partial charge < -0.3 is 15.6 Å². The van der Waals surface area contributed by atoms with Crippen LogP contribution in [-0.2, 0) is 17.8 Å². The summed E-state index contributed by atoms with van der Waals surface area (Å²) in [5.74, 6) is 0. The Kier molecular flexibility index (Phi) is 5.75. The lowest BCUT2D eigenvalue weighted by Gasteiger charge is -2.21. The number of aliphatic hydroxyl groups is 1. The predicted molar refractivity (Wildman–Crippen MR) is 71.4 cm³/mol. The molecule has 0 radical (unpaired) electrons. The first kappa shape index (κ1) is 14.4. The number of rotatable bonds is 7. The number of aliphatic hydroxyl groups excluding tert-OH is 1. The van der Waals surface area contributed by atoms with E-state index in [0.29, 0.717) is 6.54 Å². The van der Waals surface area contributed by atoms with E-state index in [2.05, 4.69) is 10.3 Å². The van der Waals surface area contributed by atoms with Crippen molar-refractivity contribution >= 4 is 0 Å². The molecule has 3 N–H and O–H groups in total. The highest BCUT2D eigenvalue weighted by Crippen LogP contribution is 2.28. The summed E-state index contributed by atoms with van der Waals surface area (Å²) < 4.78 is 7.65. The van der Waals surface area contributed by atoms with Gasteiger partial charge >= 0.3 is 0 Å². The molecule has 1 aliphatic rings. The molecule has 0 aliphatic carbocycles. The molecule has 1 unspecified atom stereocenters. The van der Waals surface area contributed by atoms with Crippen LogP contribution in [0, 0.1) is 0 Å². The van der Waals surface area contributed by atoms with Gasteiger partial charge in [-0.25, -0.2) is 4.68 Å². The zero-order chi connectivity index (χ0) is 13.5. The molecule has 0 aromatic carbocycles. The predicted octanol–water partition coefficient (Wildman–Crippen LogP) is 1.14.